The van der Waals surface area contributed by atoms with Crippen molar-refractivity contribution in [3.05, 3.63) is 30.5 Å². The molecule has 3 N–H and O–H groups in total. The number of nitrogens with one attached hydrogen (secondary N) is 1. The molecule has 1 saturated carbocycles. The molecular formula is C27H39N7. The van der Waals surface area contributed by atoms with Crippen LogP contribution in [0.2, 0.25) is 0 Å². The Morgan fingerprint density at radius 2 is 1.79 bits per heavy atom. The number of hydrogen-bond acceptors (Lipinski definition) is 6. The third-order valence-corrected chi connectivity index (χ3v) is 7.49. The van der Waals surface area contributed by atoms with Gasteiger partial charge in [0, 0.05) is 49.7 Å². The number of unbranched alkanes of at least 4 members (excludes halogenated alkanes) is 1. The van der Waals surface area contributed by atoms with Crippen LogP contribution in [0, 0.1) is 5.92 Å². The van der Waals surface area contributed by atoms with E-state index >= 15 is 0 Å². The molecule has 1 aromatic carbocycles. The highest BCUT2D eigenvalue weighted by molar-refractivity contribution is 5.91. The third-order valence-electron chi connectivity index (χ3n) is 7.49. The molecule has 34 heavy (non-hydrogen) atoms. The molecule has 0 bridgehead atoms. The van der Waals surface area contributed by atoms with Gasteiger partial charge in [0.15, 0.2) is 5.65 Å². The molecule has 0 spiro atoms. The number of benzene rings is 1. The zero-order valence-electron chi connectivity index (χ0n) is 20.5. The first-order valence-electron chi connectivity index (χ1n) is 13.3. The van der Waals surface area contributed by atoms with Crippen molar-refractivity contribution < 1.29 is 0 Å². The molecule has 5 rings (SSSR count). The minimum atomic E-state index is 0.358. The molecule has 1 saturated heterocycles. The van der Waals surface area contributed by atoms with Crippen molar-refractivity contribution in [2.75, 3.05) is 29.9 Å². The van der Waals surface area contributed by atoms with Gasteiger partial charge in [-0.3, -0.25) is 0 Å². The van der Waals surface area contributed by atoms with Crippen molar-refractivity contribution in [3.8, 4) is 11.3 Å². The van der Waals surface area contributed by atoms with Gasteiger partial charge in [-0.2, -0.15) is 10.1 Å². The summed E-state index contributed by atoms with van der Waals surface area (Å²) in [5.74, 6) is 1.29. The number of anilines is 2. The van der Waals surface area contributed by atoms with Crippen molar-refractivity contribution in [3.63, 3.8) is 0 Å². The van der Waals surface area contributed by atoms with E-state index in [1.807, 2.05) is 6.20 Å². The van der Waals surface area contributed by atoms with Gasteiger partial charge in [0.2, 0.25) is 5.95 Å². The Morgan fingerprint density at radius 1 is 1.03 bits per heavy atom. The van der Waals surface area contributed by atoms with Crippen LogP contribution < -0.4 is 16.0 Å². The maximum atomic E-state index is 6.15. The Hall–Kier alpha value is -2.67. The van der Waals surface area contributed by atoms with Crippen LogP contribution >= 0.6 is 0 Å². The number of nitrogens with two attached hydrogens (primary N) is 1. The first kappa shape index (κ1) is 23.1. The van der Waals surface area contributed by atoms with E-state index in [0.717, 1.165) is 87.0 Å². The van der Waals surface area contributed by atoms with Crippen molar-refractivity contribution in [2.24, 2.45) is 11.7 Å². The second kappa shape index (κ2) is 10.7. The molecule has 2 aliphatic rings. The summed E-state index contributed by atoms with van der Waals surface area (Å²) in [4.78, 5) is 12.0. The predicted octanol–water partition coefficient (Wildman–Crippen LogP) is 5.21. The van der Waals surface area contributed by atoms with Crippen LogP contribution in [0.1, 0.15) is 64.7 Å². The molecular weight excluding hydrogens is 422 g/mol. The number of rotatable bonds is 8. The summed E-state index contributed by atoms with van der Waals surface area (Å²) in [6.07, 6.45) is 12.7. The van der Waals surface area contributed by atoms with Gasteiger partial charge in [0.1, 0.15) is 5.69 Å². The second-order valence-corrected chi connectivity index (χ2v) is 10.1. The molecule has 0 unspecified atom stereocenters. The topological polar surface area (TPSA) is 84.9 Å². The Balaban J connectivity index is 1.44. The first-order valence-corrected chi connectivity index (χ1v) is 13.3. The zero-order valence-corrected chi connectivity index (χ0v) is 20.5. The van der Waals surface area contributed by atoms with Crippen LogP contribution in [-0.2, 0) is 6.54 Å². The molecule has 0 atom stereocenters. The zero-order chi connectivity index (χ0) is 23.3. The van der Waals surface area contributed by atoms with Gasteiger partial charge in [0.25, 0.3) is 0 Å². The molecule has 7 nitrogen and oxygen atoms in total. The van der Waals surface area contributed by atoms with Crippen LogP contribution in [0.15, 0.2) is 30.5 Å². The summed E-state index contributed by atoms with van der Waals surface area (Å²) in [5.41, 5.74) is 10.5. The summed E-state index contributed by atoms with van der Waals surface area (Å²) in [5, 5.41) is 9.50. The molecule has 0 radical (unpaired) electrons. The van der Waals surface area contributed by atoms with Crippen LogP contribution in [0.4, 0.5) is 11.6 Å². The smallest absolute Gasteiger partial charge is 0.224 e. The van der Waals surface area contributed by atoms with Gasteiger partial charge >= 0.3 is 0 Å². The van der Waals surface area contributed by atoms with E-state index in [0.29, 0.717) is 17.9 Å². The van der Waals surface area contributed by atoms with Crippen LogP contribution in [0.5, 0.6) is 0 Å². The number of hydrogen-bond donors (Lipinski definition) is 2. The molecule has 7 heteroatoms. The van der Waals surface area contributed by atoms with Crippen molar-refractivity contribution in [1.29, 1.82) is 0 Å². The highest BCUT2D eigenvalue weighted by Gasteiger charge is 2.22. The Morgan fingerprint density at radius 3 is 2.53 bits per heavy atom. The molecule has 182 valence electrons. The Kier molecular flexibility index (Phi) is 7.28. The van der Waals surface area contributed by atoms with Crippen molar-refractivity contribution in [2.45, 2.75) is 77.3 Å². The van der Waals surface area contributed by atoms with Gasteiger partial charge < -0.3 is 16.0 Å². The molecule has 1 aliphatic heterocycles. The largest absolute Gasteiger partial charge is 0.372 e. The summed E-state index contributed by atoms with van der Waals surface area (Å²) in [6.45, 7) is 6.29. The quantitative estimate of drug-likeness (QED) is 0.448. The lowest BCUT2D eigenvalue weighted by molar-refractivity contribution is 0.288. The minimum Gasteiger partial charge on any atom is -0.372 e. The standard InChI is InChI=1S/C27H39N7/c1-2-3-15-29-27-30-18-24-25(21-9-13-23(14-10-21)33-16-5-4-6-17-33)32-34(26(24)31-27)19-20-7-11-22(28)12-8-20/h9-10,13-14,18,20,22H,2-8,11-12,15-17,19,28H2,1H3,(H,29,30,31). The van der Waals surface area contributed by atoms with E-state index in [2.05, 4.69) is 51.1 Å². The average molecular weight is 462 g/mol. The van der Waals surface area contributed by atoms with Gasteiger partial charge in [-0.25, -0.2) is 9.67 Å². The fourth-order valence-corrected chi connectivity index (χ4v) is 5.36. The molecule has 0 amide bonds. The maximum Gasteiger partial charge on any atom is 0.224 e. The van der Waals surface area contributed by atoms with Crippen LogP contribution in [0.25, 0.3) is 22.3 Å². The van der Waals surface area contributed by atoms with Crippen LogP contribution in [-0.4, -0.2) is 45.4 Å². The van der Waals surface area contributed by atoms with Crippen molar-refractivity contribution in [1.82, 2.24) is 19.7 Å². The van der Waals surface area contributed by atoms with Crippen LogP contribution in [0.3, 0.4) is 0 Å². The fourth-order valence-electron chi connectivity index (χ4n) is 5.36. The SMILES string of the molecule is CCCCNc1ncc2c(-c3ccc(N4CCCCC4)cc3)nn(CC3CCC(N)CC3)c2n1. The molecule has 1 aliphatic carbocycles. The lowest BCUT2D eigenvalue weighted by atomic mass is 9.86. The van der Waals surface area contributed by atoms with Gasteiger partial charge in [-0.1, -0.05) is 25.5 Å². The highest BCUT2D eigenvalue weighted by Crippen LogP contribution is 2.32. The van der Waals surface area contributed by atoms with Gasteiger partial charge in [0.05, 0.1) is 5.39 Å². The van der Waals surface area contributed by atoms with Gasteiger partial charge in [-0.15, -0.1) is 0 Å². The first-order chi connectivity index (χ1) is 16.7. The van der Waals surface area contributed by atoms with E-state index in [9.17, 15) is 0 Å². The molecule has 2 aromatic heterocycles. The summed E-state index contributed by atoms with van der Waals surface area (Å²) >= 11 is 0. The summed E-state index contributed by atoms with van der Waals surface area (Å²) in [7, 11) is 0. The molecule has 3 aromatic rings. The lowest BCUT2D eigenvalue weighted by Gasteiger charge is -2.28. The van der Waals surface area contributed by atoms with Crippen molar-refractivity contribution >= 4 is 22.7 Å². The average Bonchev–Trinajstić information content (AvgIpc) is 3.24. The number of aromatic nitrogens is 4. The van der Waals surface area contributed by atoms with E-state index in [-0.39, 0.29) is 0 Å². The number of piperidine rings is 1. The number of nitrogens with zero attached hydrogens (tertiary/aromatic N) is 5. The Labute approximate surface area is 203 Å². The fraction of sp³-hybridized carbons (Fsp3) is 0.593. The summed E-state index contributed by atoms with van der Waals surface area (Å²) < 4.78 is 2.12. The second-order valence-electron chi connectivity index (χ2n) is 10.1. The molecule has 2 fully saturated rings. The monoisotopic (exact) mass is 461 g/mol. The third kappa shape index (κ3) is 5.19. The summed E-state index contributed by atoms with van der Waals surface area (Å²) in [6, 6.07) is 9.27. The maximum absolute atomic E-state index is 6.15. The molecule has 3 heterocycles. The highest BCUT2D eigenvalue weighted by atomic mass is 15.3. The lowest BCUT2D eigenvalue weighted by Crippen LogP contribution is -2.29. The predicted molar refractivity (Wildman–Crippen MR) is 140 cm³/mol. The normalized spacial score (nSPS) is 21.2. The van der Waals surface area contributed by atoms with E-state index in [1.54, 1.807) is 0 Å². The Bertz CT molecular complexity index is 1060. The van der Waals surface area contributed by atoms with E-state index < -0.39 is 0 Å². The number of fused-ring (bicyclic) bond motifs is 1. The van der Waals surface area contributed by atoms with Gasteiger partial charge in [-0.05, 0) is 69.4 Å². The minimum absolute atomic E-state index is 0.358. The van der Waals surface area contributed by atoms with E-state index in [4.69, 9.17) is 15.8 Å². The van der Waals surface area contributed by atoms with E-state index in [1.165, 1.54) is 24.9 Å².